The van der Waals surface area contributed by atoms with E-state index >= 15 is 0 Å². The summed E-state index contributed by atoms with van der Waals surface area (Å²) in [5, 5.41) is 0. The summed E-state index contributed by atoms with van der Waals surface area (Å²) < 4.78 is 9.68. The van der Waals surface area contributed by atoms with Crippen molar-refractivity contribution < 1.29 is 23.9 Å². The fourth-order valence-corrected chi connectivity index (χ4v) is 1.46. The maximum atomic E-state index is 11.5. The molecule has 7 heteroatoms. The molecular formula is C12H13N3O4. The fourth-order valence-electron chi connectivity index (χ4n) is 1.46. The molecule has 0 saturated carbocycles. The van der Waals surface area contributed by atoms with Crippen LogP contribution in [0.5, 0.6) is 5.75 Å². The summed E-state index contributed by atoms with van der Waals surface area (Å²) >= 11 is 0. The molecule has 2 N–H and O–H groups in total. The Bertz CT molecular complexity index is 506. The van der Waals surface area contributed by atoms with Gasteiger partial charge in [-0.2, -0.15) is 4.79 Å². The van der Waals surface area contributed by atoms with Gasteiger partial charge in [-0.15, -0.1) is 0 Å². The van der Waals surface area contributed by atoms with Crippen LogP contribution in [0.25, 0.3) is 5.53 Å². The second kappa shape index (κ2) is 6.93. The first-order valence-corrected chi connectivity index (χ1v) is 5.37. The predicted molar refractivity (Wildman–Crippen MR) is 65.8 cm³/mol. The number of ketones is 1. The predicted octanol–water partition coefficient (Wildman–Crippen LogP) is 0.571. The van der Waals surface area contributed by atoms with Crippen LogP contribution >= 0.6 is 0 Å². The number of benzene rings is 1. The van der Waals surface area contributed by atoms with Gasteiger partial charge in [-0.05, 0) is 17.7 Å². The molecule has 1 aromatic carbocycles. The number of nitrogens with two attached hydrogens (primary N) is 1. The van der Waals surface area contributed by atoms with Gasteiger partial charge < -0.3 is 20.7 Å². The number of hydrogen-bond acceptors (Lipinski definition) is 4. The van der Waals surface area contributed by atoms with Gasteiger partial charge in [0, 0.05) is 6.42 Å². The molecule has 1 amide bonds. The molecular weight excluding hydrogens is 250 g/mol. The second-order valence-electron chi connectivity index (χ2n) is 3.62. The lowest BCUT2D eigenvalue weighted by Crippen LogP contribution is -2.32. The van der Waals surface area contributed by atoms with Crippen molar-refractivity contribution in [2.45, 2.75) is 12.5 Å². The Morgan fingerprint density at radius 2 is 2.05 bits per heavy atom. The number of amides is 1. The quantitative estimate of drug-likeness (QED) is 0.459. The Hall–Kier alpha value is -2.66. The van der Waals surface area contributed by atoms with Crippen molar-refractivity contribution in [1.82, 2.24) is 0 Å². The zero-order valence-corrected chi connectivity index (χ0v) is 10.3. The van der Waals surface area contributed by atoms with E-state index in [9.17, 15) is 9.59 Å². The largest absolute Gasteiger partial charge is 0.497 e. The molecule has 1 unspecified atom stereocenters. The van der Waals surface area contributed by atoms with E-state index in [1.807, 2.05) is 0 Å². The SMILES string of the molecule is COc1ccc(CC(OC(N)=O)C(=O)C=[N+]=[N-])cc1. The lowest BCUT2D eigenvalue weighted by molar-refractivity contribution is -0.123. The average molecular weight is 263 g/mol. The highest BCUT2D eigenvalue weighted by Gasteiger charge is 2.23. The van der Waals surface area contributed by atoms with Crippen molar-refractivity contribution >= 4 is 18.1 Å². The number of methoxy groups -OCH3 is 1. The van der Waals surface area contributed by atoms with E-state index in [1.165, 1.54) is 7.11 Å². The Labute approximate surface area is 109 Å². The zero-order valence-electron chi connectivity index (χ0n) is 10.3. The van der Waals surface area contributed by atoms with E-state index in [-0.39, 0.29) is 6.42 Å². The number of ether oxygens (including phenoxy) is 2. The van der Waals surface area contributed by atoms with Gasteiger partial charge in [0.1, 0.15) is 5.75 Å². The number of carbonyl (C=O) groups excluding carboxylic acids is 2. The summed E-state index contributed by atoms with van der Waals surface area (Å²) in [6.07, 6.45) is -1.41. The summed E-state index contributed by atoms with van der Waals surface area (Å²) in [6.45, 7) is 0. The standard InChI is InChI=1S/C12H13N3O4/c1-18-9-4-2-8(3-5-9)6-11(19-12(13)17)10(16)7-15-14/h2-5,7,11H,6H2,1H3,(H2,13,17). The first-order chi connectivity index (χ1) is 9.06. The van der Waals surface area contributed by atoms with E-state index in [2.05, 4.69) is 9.53 Å². The Kier molecular flexibility index (Phi) is 5.25. The number of nitrogens with zero attached hydrogens (tertiary/aromatic N) is 2. The van der Waals surface area contributed by atoms with Crippen molar-refractivity contribution in [2.75, 3.05) is 7.11 Å². The number of primary amides is 1. The minimum atomic E-state index is -1.12. The van der Waals surface area contributed by atoms with Crippen LogP contribution in [0.1, 0.15) is 5.56 Å². The van der Waals surface area contributed by atoms with E-state index in [0.717, 1.165) is 5.56 Å². The molecule has 0 radical (unpaired) electrons. The van der Waals surface area contributed by atoms with E-state index < -0.39 is 18.0 Å². The third kappa shape index (κ3) is 4.61. The second-order valence-corrected chi connectivity index (χ2v) is 3.62. The minimum absolute atomic E-state index is 0.123. The topological polar surface area (TPSA) is 115 Å². The average Bonchev–Trinajstić information content (AvgIpc) is 2.38. The molecule has 1 aromatic rings. The van der Waals surface area contributed by atoms with Gasteiger partial charge in [-0.1, -0.05) is 12.1 Å². The van der Waals surface area contributed by atoms with E-state index in [4.69, 9.17) is 16.0 Å². The molecule has 1 rings (SSSR count). The highest BCUT2D eigenvalue weighted by Crippen LogP contribution is 2.13. The maximum absolute atomic E-state index is 11.5. The highest BCUT2D eigenvalue weighted by atomic mass is 16.6. The summed E-state index contributed by atoms with van der Waals surface area (Å²) in [5.41, 5.74) is 13.9. The van der Waals surface area contributed by atoms with Crippen LogP contribution in [0.4, 0.5) is 4.79 Å². The van der Waals surface area contributed by atoms with Gasteiger partial charge in [0.2, 0.25) is 0 Å². The smallest absolute Gasteiger partial charge is 0.405 e. The molecule has 0 heterocycles. The first-order valence-electron chi connectivity index (χ1n) is 5.37. The van der Waals surface area contributed by atoms with Crippen LogP contribution in [-0.2, 0) is 16.0 Å². The number of carbonyl (C=O) groups is 2. The molecule has 0 aromatic heterocycles. The fraction of sp³-hybridized carbons (Fsp3) is 0.250. The van der Waals surface area contributed by atoms with Crippen molar-refractivity contribution in [3.63, 3.8) is 0 Å². The molecule has 7 nitrogen and oxygen atoms in total. The molecule has 0 fully saturated rings. The number of Topliss-reactive ketones (excluding diaryl/α,β-unsaturated/α-hetero) is 1. The van der Waals surface area contributed by atoms with Crippen molar-refractivity contribution in [3.05, 3.63) is 35.4 Å². The maximum Gasteiger partial charge on any atom is 0.405 e. The first kappa shape index (κ1) is 14.4. The van der Waals surface area contributed by atoms with Gasteiger partial charge in [0.25, 0.3) is 5.78 Å². The van der Waals surface area contributed by atoms with Crippen LogP contribution in [0.2, 0.25) is 0 Å². The Morgan fingerprint density at radius 3 is 2.53 bits per heavy atom. The lowest BCUT2D eigenvalue weighted by atomic mass is 10.1. The van der Waals surface area contributed by atoms with Crippen molar-refractivity contribution in [1.29, 1.82) is 0 Å². The third-order valence-electron chi connectivity index (χ3n) is 2.34. The van der Waals surface area contributed by atoms with Gasteiger partial charge in [-0.3, -0.25) is 4.79 Å². The molecule has 0 bridgehead atoms. The summed E-state index contributed by atoms with van der Waals surface area (Å²) in [6, 6.07) is 6.86. The van der Waals surface area contributed by atoms with E-state index in [0.29, 0.717) is 12.0 Å². The summed E-state index contributed by atoms with van der Waals surface area (Å²) in [7, 11) is 1.54. The van der Waals surface area contributed by atoms with Crippen LogP contribution in [-0.4, -0.2) is 36.1 Å². The van der Waals surface area contributed by atoms with Gasteiger partial charge in [-0.25, -0.2) is 4.79 Å². The molecule has 19 heavy (non-hydrogen) atoms. The van der Waals surface area contributed by atoms with Crippen LogP contribution in [0.3, 0.4) is 0 Å². The summed E-state index contributed by atoms with van der Waals surface area (Å²) in [4.78, 5) is 24.9. The van der Waals surface area contributed by atoms with Crippen molar-refractivity contribution in [2.24, 2.45) is 5.73 Å². The minimum Gasteiger partial charge on any atom is -0.497 e. The monoisotopic (exact) mass is 263 g/mol. The molecule has 100 valence electrons. The zero-order chi connectivity index (χ0) is 14.3. The molecule has 0 spiro atoms. The molecule has 0 aliphatic heterocycles. The number of hydrogen-bond donors (Lipinski definition) is 1. The van der Waals surface area contributed by atoms with Gasteiger partial charge in [0.15, 0.2) is 6.10 Å². The summed E-state index contributed by atoms with van der Waals surface area (Å²) in [5.74, 6) is 0.0106. The molecule has 0 aliphatic rings. The molecule has 1 atom stereocenters. The van der Waals surface area contributed by atoms with Crippen molar-refractivity contribution in [3.8, 4) is 5.75 Å². The van der Waals surface area contributed by atoms with Crippen LogP contribution < -0.4 is 10.5 Å². The Morgan fingerprint density at radius 1 is 1.42 bits per heavy atom. The van der Waals surface area contributed by atoms with Crippen LogP contribution in [0.15, 0.2) is 24.3 Å². The lowest BCUT2D eigenvalue weighted by Gasteiger charge is -2.12. The van der Waals surface area contributed by atoms with E-state index in [1.54, 1.807) is 24.3 Å². The number of rotatable bonds is 6. The Balaban J connectivity index is 2.83. The molecule has 0 saturated heterocycles. The normalized spacial score (nSPS) is 11.0. The molecule has 0 aliphatic carbocycles. The van der Waals surface area contributed by atoms with Gasteiger partial charge >= 0.3 is 12.3 Å². The van der Waals surface area contributed by atoms with Crippen LogP contribution in [0, 0.1) is 0 Å². The highest BCUT2D eigenvalue weighted by molar-refractivity contribution is 6.27. The van der Waals surface area contributed by atoms with Gasteiger partial charge in [0.05, 0.1) is 7.11 Å². The third-order valence-corrected chi connectivity index (χ3v) is 2.34.